The van der Waals surface area contributed by atoms with Gasteiger partial charge in [0, 0.05) is 18.0 Å². The lowest BCUT2D eigenvalue weighted by Crippen LogP contribution is -2.41. The Labute approximate surface area is 92.9 Å². The molecule has 0 radical (unpaired) electrons. The Balaban J connectivity index is 2.54. The molecule has 0 amide bonds. The molecule has 1 rings (SSSR count). The van der Waals surface area contributed by atoms with E-state index in [4.69, 9.17) is 9.84 Å². The molecule has 0 aliphatic heterocycles. The Bertz CT molecular complexity index is 300. The maximum Gasteiger partial charge on any atom is 0.323 e. The van der Waals surface area contributed by atoms with Crippen LogP contribution in [0.15, 0.2) is 17.5 Å². The van der Waals surface area contributed by atoms with Gasteiger partial charge in [-0.2, -0.15) is 0 Å². The minimum Gasteiger partial charge on any atom is -0.480 e. The quantitative estimate of drug-likeness (QED) is 0.776. The third-order valence-corrected chi connectivity index (χ3v) is 3.11. The van der Waals surface area contributed by atoms with Crippen LogP contribution in [0, 0.1) is 0 Å². The van der Waals surface area contributed by atoms with Gasteiger partial charge in [-0.05, 0) is 18.4 Å². The summed E-state index contributed by atoms with van der Waals surface area (Å²) in [4.78, 5) is 12.0. The van der Waals surface area contributed by atoms with Crippen molar-refractivity contribution in [1.29, 1.82) is 0 Å². The van der Waals surface area contributed by atoms with Gasteiger partial charge in [-0.1, -0.05) is 6.07 Å². The lowest BCUT2D eigenvalue weighted by molar-refractivity contribution is -0.141. The summed E-state index contributed by atoms with van der Waals surface area (Å²) in [5.41, 5.74) is 0. The summed E-state index contributed by atoms with van der Waals surface area (Å²) in [5.74, 6) is -0.889. The summed E-state index contributed by atoms with van der Waals surface area (Å²) in [7, 11) is 1.49. The Hall–Kier alpha value is -0.910. The SMILES string of the molecule is COCC(N[C@H](C)c1cccs1)C(=O)O. The van der Waals surface area contributed by atoms with Crippen LogP contribution in [0.3, 0.4) is 0 Å². The normalized spacial score (nSPS) is 14.8. The zero-order valence-electron chi connectivity index (χ0n) is 8.77. The van der Waals surface area contributed by atoms with Gasteiger partial charge in [-0.15, -0.1) is 11.3 Å². The number of hydrogen-bond donors (Lipinski definition) is 2. The van der Waals surface area contributed by atoms with Crippen LogP contribution < -0.4 is 5.32 Å². The van der Waals surface area contributed by atoms with Crippen molar-refractivity contribution in [2.75, 3.05) is 13.7 Å². The molecule has 2 atom stereocenters. The van der Waals surface area contributed by atoms with Crippen molar-refractivity contribution in [2.45, 2.75) is 19.0 Å². The fourth-order valence-corrected chi connectivity index (χ4v) is 2.02. The van der Waals surface area contributed by atoms with Crippen LogP contribution in [0.4, 0.5) is 0 Å². The van der Waals surface area contributed by atoms with Crippen LogP contribution in [0.5, 0.6) is 0 Å². The van der Waals surface area contributed by atoms with Gasteiger partial charge >= 0.3 is 5.97 Å². The third kappa shape index (κ3) is 3.62. The number of nitrogens with one attached hydrogen (secondary N) is 1. The fraction of sp³-hybridized carbons (Fsp3) is 0.500. The van der Waals surface area contributed by atoms with E-state index in [9.17, 15) is 4.79 Å². The van der Waals surface area contributed by atoms with Gasteiger partial charge in [-0.25, -0.2) is 0 Å². The number of carboxylic acid groups (broad SMARTS) is 1. The molecule has 0 aromatic carbocycles. The molecule has 1 unspecified atom stereocenters. The van der Waals surface area contributed by atoms with Gasteiger partial charge in [0.05, 0.1) is 6.61 Å². The highest BCUT2D eigenvalue weighted by Crippen LogP contribution is 2.18. The molecule has 1 aromatic heterocycles. The number of thiophene rings is 1. The van der Waals surface area contributed by atoms with Crippen molar-refractivity contribution in [3.05, 3.63) is 22.4 Å². The predicted octanol–water partition coefficient (Wildman–Crippen LogP) is 1.50. The van der Waals surface area contributed by atoms with Crippen molar-refractivity contribution in [2.24, 2.45) is 0 Å². The summed E-state index contributed by atoms with van der Waals surface area (Å²) in [6.45, 7) is 2.11. The number of aliphatic carboxylic acids is 1. The molecule has 0 saturated heterocycles. The maximum absolute atomic E-state index is 10.9. The van der Waals surface area contributed by atoms with Crippen molar-refractivity contribution >= 4 is 17.3 Å². The molecule has 84 valence electrons. The van der Waals surface area contributed by atoms with Gasteiger partial charge in [0.15, 0.2) is 0 Å². The largest absolute Gasteiger partial charge is 0.480 e. The van der Waals surface area contributed by atoms with E-state index >= 15 is 0 Å². The van der Waals surface area contributed by atoms with Crippen LogP contribution in [-0.4, -0.2) is 30.8 Å². The number of rotatable bonds is 6. The lowest BCUT2D eigenvalue weighted by atomic mass is 10.2. The molecule has 0 bridgehead atoms. The van der Waals surface area contributed by atoms with E-state index < -0.39 is 12.0 Å². The van der Waals surface area contributed by atoms with Gasteiger partial charge in [0.2, 0.25) is 0 Å². The van der Waals surface area contributed by atoms with Crippen LogP contribution in [-0.2, 0) is 9.53 Å². The summed E-state index contributed by atoms with van der Waals surface area (Å²) < 4.78 is 4.84. The van der Waals surface area contributed by atoms with Crippen molar-refractivity contribution in [3.63, 3.8) is 0 Å². The second-order valence-electron chi connectivity index (χ2n) is 3.25. The molecule has 4 nitrogen and oxygen atoms in total. The standard InChI is InChI=1S/C10H15NO3S/c1-7(9-4-3-5-15-9)11-8(6-14-2)10(12)13/h3-5,7-8,11H,6H2,1-2H3,(H,12,13)/t7-,8?/m1/s1. The minimum absolute atomic E-state index is 0.0289. The highest BCUT2D eigenvalue weighted by molar-refractivity contribution is 7.10. The number of ether oxygens (including phenoxy) is 1. The minimum atomic E-state index is -0.889. The van der Waals surface area contributed by atoms with Gasteiger partial charge in [0.25, 0.3) is 0 Å². The molecule has 0 aliphatic carbocycles. The summed E-state index contributed by atoms with van der Waals surface area (Å²) in [5, 5.41) is 13.9. The average molecular weight is 229 g/mol. The molecule has 0 fully saturated rings. The molecule has 2 N–H and O–H groups in total. The molecular formula is C10H15NO3S. The molecule has 0 aliphatic rings. The monoisotopic (exact) mass is 229 g/mol. The van der Waals surface area contributed by atoms with E-state index in [1.165, 1.54) is 7.11 Å². The van der Waals surface area contributed by atoms with Crippen molar-refractivity contribution in [3.8, 4) is 0 Å². The van der Waals surface area contributed by atoms with E-state index in [0.717, 1.165) is 4.88 Å². The first-order valence-electron chi connectivity index (χ1n) is 4.66. The maximum atomic E-state index is 10.9. The molecule has 5 heteroatoms. The van der Waals surface area contributed by atoms with Gasteiger partial charge < -0.3 is 9.84 Å². The van der Waals surface area contributed by atoms with E-state index in [-0.39, 0.29) is 12.6 Å². The molecular weight excluding hydrogens is 214 g/mol. The van der Waals surface area contributed by atoms with Crippen LogP contribution in [0.1, 0.15) is 17.8 Å². The molecule has 0 saturated carbocycles. The van der Waals surface area contributed by atoms with E-state index in [1.807, 2.05) is 24.4 Å². The van der Waals surface area contributed by atoms with E-state index in [0.29, 0.717) is 0 Å². The average Bonchev–Trinajstić information content (AvgIpc) is 2.69. The van der Waals surface area contributed by atoms with Crippen LogP contribution in [0.2, 0.25) is 0 Å². The Morgan fingerprint density at radius 2 is 2.47 bits per heavy atom. The Morgan fingerprint density at radius 3 is 2.93 bits per heavy atom. The Morgan fingerprint density at radius 1 is 1.73 bits per heavy atom. The second-order valence-corrected chi connectivity index (χ2v) is 4.23. The molecule has 1 heterocycles. The smallest absolute Gasteiger partial charge is 0.323 e. The third-order valence-electron chi connectivity index (χ3n) is 2.05. The van der Waals surface area contributed by atoms with Gasteiger partial charge in [0.1, 0.15) is 6.04 Å². The van der Waals surface area contributed by atoms with Crippen LogP contribution in [0.25, 0.3) is 0 Å². The lowest BCUT2D eigenvalue weighted by Gasteiger charge is -2.18. The Kier molecular flexibility index (Phi) is 4.74. The number of carbonyl (C=O) groups is 1. The highest BCUT2D eigenvalue weighted by Gasteiger charge is 2.20. The second kappa shape index (κ2) is 5.85. The molecule has 1 aromatic rings. The zero-order chi connectivity index (χ0) is 11.3. The zero-order valence-corrected chi connectivity index (χ0v) is 9.58. The van der Waals surface area contributed by atoms with Crippen molar-refractivity contribution in [1.82, 2.24) is 5.32 Å². The number of carboxylic acids is 1. The van der Waals surface area contributed by atoms with Crippen molar-refractivity contribution < 1.29 is 14.6 Å². The summed E-state index contributed by atoms with van der Waals surface area (Å²) >= 11 is 1.61. The van der Waals surface area contributed by atoms with Crippen LogP contribution >= 0.6 is 11.3 Å². The molecule has 0 spiro atoms. The van der Waals surface area contributed by atoms with E-state index in [1.54, 1.807) is 11.3 Å². The predicted molar refractivity (Wildman–Crippen MR) is 59.2 cm³/mol. The first-order valence-corrected chi connectivity index (χ1v) is 5.54. The number of hydrogen-bond acceptors (Lipinski definition) is 4. The highest BCUT2D eigenvalue weighted by atomic mass is 32.1. The van der Waals surface area contributed by atoms with Gasteiger partial charge in [-0.3, -0.25) is 10.1 Å². The fourth-order valence-electron chi connectivity index (χ4n) is 1.28. The molecule has 15 heavy (non-hydrogen) atoms. The van der Waals surface area contributed by atoms with E-state index in [2.05, 4.69) is 5.32 Å². The number of methoxy groups -OCH3 is 1. The first kappa shape index (κ1) is 12.2. The first-order chi connectivity index (χ1) is 7.15. The topological polar surface area (TPSA) is 58.6 Å². The summed E-state index contributed by atoms with van der Waals surface area (Å²) in [6.07, 6.45) is 0. The summed E-state index contributed by atoms with van der Waals surface area (Å²) in [6, 6.07) is 3.30.